The van der Waals surface area contributed by atoms with E-state index in [4.69, 9.17) is 16.0 Å². The normalized spacial score (nSPS) is 16.6. The average molecular weight is 429 g/mol. The van der Waals surface area contributed by atoms with E-state index in [2.05, 4.69) is 9.97 Å². The van der Waals surface area contributed by atoms with Gasteiger partial charge in [0.2, 0.25) is 11.8 Å². The molecule has 1 amide bonds. The van der Waals surface area contributed by atoms with Crippen LogP contribution in [0.1, 0.15) is 42.5 Å². The first kappa shape index (κ1) is 20.2. The second-order valence-corrected chi connectivity index (χ2v) is 7.68. The van der Waals surface area contributed by atoms with Crippen LogP contribution in [0.3, 0.4) is 0 Å². The number of benzene rings is 1. The van der Waals surface area contributed by atoms with E-state index in [0.29, 0.717) is 29.6 Å². The van der Waals surface area contributed by atoms with Crippen molar-refractivity contribution < 1.29 is 9.21 Å². The maximum atomic E-state index is 12.9. The molecule has 1 atom stereocenters. The van der Waals surface area contributed by atoms with Crippen molar-refractivity contribution in [1.82, 2.24) is 19.4 Å². The van der Waals surface area contributed by atoms with Gasteiger partial charge in [0.05, 0.1) is 6.20 Å². The number of carbonyl (C=O) groups is 1. The number of carbonyl (C=O) groups excluding carboxylic acids is 1. The van der Waals surface area contributed by atoms with Crippen molar-refractivity contribution in [3.05, 3.63) is 85.8 Å². The first-order valence-corrected chi connectivity index (χ1v) is 10.2. The molecule has 2 aromatic heterocycles. The summed E-state index contributed by atoms with van der Waals surface area (Å²) in [6.07, 6.45) is 6.07. The van der Waals surface area contributed by atoms with Gasteiger partial charge in [-0.25, -0.2) is 9.78 Å². The van der Waals surface area contributed by atoms with Crippen molar-refractivity contribution in [2.75, 3.05) is 6.54 Å². The molecule has 8 nitrogen and oxygen atoms in total. The Hall–Kier alpha value is -3.13. The van der Waals surface area contributed by atoms with Gasteiger partial charge in [0, 0.05) is 30.3 Å². The van der Waals surface area contributed by atoms with Gasteiger partial charge in [-0.1, -0.05) is 29.8 Å². The molecule has 1 aliphatic rings. The molecule has 1 aliphatic heterocycles. The van der Waals surface area contributed by atoms with E-state index >= 15 is 0 Å². The predicted molar refractivity (Wildman–Crippen MR) is 110 cm³/mol. The highest BCUT2D eigenvalue weighted by atomic mass is 35.5. The van der Waals surface area contributed by atoms with Crippen LogP contribution in [0, 0.1) is 0 Å². The molecular weight excluding hydrogens is 408 g/mol. The number of aromatic amines is 1. The Morgan fingerprint density at radius 2 is 2.07 bits per heavy atom. The summed E-state index contributed by atoms with van der Waals surface area (Å²) in [7, 11) is 0. The van der Waals surface area contributed by atoms with Crippen LogP contribution in [0.15, 0.2) is 56.7 Å². The van der Waals surface area contributed by atoms with Crippen molar-refractivity contribution in [3.63, 3.8) is 0 Å². The minimum atomic E-state index is -0.609. The molecule has 4 rings (SSSR count). The summed E-state index contributed by atoms with van der Waals surface area (Å²) in [5.74, 6) is 0.937. The van der Waals surface area contributed by atoms with E-state index in [1.165, 1.54) is 16.8 Å². The summed E-state index contributed by atoms with van der Waals surface area (Å²) in [6.45, 7) is 0.406. The zero-order chi connectivity index (χ0) is 21.1. The number of nitrogens with zero attached hydrogens (tertiary/aromatic N) is 3. The highest BCUT2D eigenvalue weighted by Crippen LogP contribution is 2.31. The quantitative estimate of drug-likeness (QED) is 0.672. The largest absolute Gasteiger partial charge is 0.443 e. The highest BCUT2D eigenvalue weighted by molar-refractivity contribution is 6.31. The molecule has 9 heteroatoms. The number of rotatable bonds is 5. The van der Waals surface area contributed by atoms with E-state index in [-0.39, 0.29) is 18.5 Å². The van der Waals surface area contributed by atoms with Gasteiger partial charge >= 0.3 is 5.69 Å². The van der Waals surface area contributed by atoms with Gasteiger partial charge in [0.15, 0.2) is 0 Å². The van der Waals surface area contributed by atoms with Crippen LogP contribution in [-0.2, 0) is 17.8 Å². The number of aromatic nitrogens is 3. The van der Waals surface area contributed by atoms with Gasteiger partial charge in [-0.3, -0.25) is 19.1 Å². The Balaban J connectivity index is 1.51. The lowest BCUT2D eigenvalue weighted by atomic mass is 10.0. The van der Waals surface area contributed by atoms with Crippen molar-refractivity contribution in [1.29, 1.82) is 0 Å². The van der Waals surface area contributed by atoms with Crippen LogP contribution in [-0.4, -0.2) is 31.9 Å². The van der Waals surface area contributed by atoms with Crippen molar-refractivity contribution in [2.45, 2.75) is 38.3 Å². The van der Waals surface area contributed by atoms with Crippen LogP contribution in [0.2, 0.25) is 5.02 Å². The number of likely N-dealkylation sites (tertiary alicyclic amines) is 1. The number of H-pyrrole nitrogens is 1. The molecule has 1 saturated heterocycles. The van der Waals surface area contributed by atoms with Crippen LogP contribution in [0.4, 0.5) is 0 Å². The Morgan fingerprint density at radius 3 is 2.87 bits per heavy atom. The van der Waals surface area contributed by atoms with Gasteiger partial charge in [-0.2, -0.15) is 0 Å². The Morgan fingerprint density at radius 1 is 1.23 bits per heavy atom. The molecule has 30 heavy (non-hydrogen) atoms. The summed E-state index contributed by atoms with van der Waals surface area (Å²) >= 11 is 6.23. The lowest BCUT2D eigenvalue weighted by molar-refractivity contribution is -0.136. The molecule has 1 aromatic carbocycles. The smallest absolute Gasteiger partial charge is 0.328 e. The van der Waals surface area contributed by atoms with E-state index in [9.17, 15) is 14.4 Å². The fourth-order valence-electron chi connectivity index (χ4n) is 3.68. The van der Waals surface area contributed by atoms with Gasteiger partial charge in [0.1, 0.15) is 18.3 Å². The first-order chi connectivity index (χ1) is 14.5. The van der Waals surface area contributed by atoms with E-state index in [1.807, 2.05) is 24.3 Å². The third-order valence-electron chi connectivity index (χ3n) is 5.20. The Labute approximate surface area is 177 Å². The van der Waals surface area contributed by atoms with Gasteiger partial charge in [-0.15, -0.1) is 0 Å². The van der Waals surface area contributed by atoms with Crippen LogP contribution in [0.25, 0.3) is 0 Å². The van der Waals surface area contributed by atoms with Crippen molar-refractivity contribution >= 4 is 17.5 Å². The summed E-state index contributed by atoms with van der Waals surface area (Å²) in [5, 5.41) is 0.663. The maximum absolute atomic E-state index is 12.9. The number of piperidine rings is 1. The molecule has 0 saturated carbocycles. The number of hydrogen-bond donors (Lipinski definition) is 1. The number of halogens is 1. The maximum Gasteiger partial charge on any atom is 0.328 e. The Kier molecular flexibility index (Phi) is 5.85. The average Bonchev–Trinajstić information content (AvgIpc) is 3.20. The van der Waals surface area contributed by atoms with E-state index < -0.39 is 11.2 Å². The fourth-order valence-corrected chi connectivity index (χ4v) is 3.88. The summed E-state index contributed by atoms with van der Waals surface area (Å²) in [6, 6.07) is 8.48. The lowest BCUT2D eigenvalue weighted by Gasteiger charge is -2.33. The monoisotopic (exact) mass is 428 g/mol. The molecule has 0 radical (unpaired) electrons. The predicted octanol–water partition coefficient (Wildman–Crippen LogP) is 2.52. The number of oxazole rings is 1. The lowest BCUT2D eigenvalue weighted by Crippen LogP contribution is -2.42. The number of nitrogens with one attached hydrogen (secondary N) is 1. The minimum Gasteiger partial charge on any atom is -0.443 e. The molecule has 0 spiro atoms. The third-order valence-corrected chi connectivity index (χ3v) is 5.57. The van der Waals surface area contributed by atoms with E-state index in [1.54, 1.807) is 11.1 Å². The molecule has 0 bridgehead atoms. The SMILES string of the molecule is O=C(Cn1ccc(=O)[nH]c1=O)N1CCCC[C@@H]1c1ncc(Cc2ccccc2Cl)o1. The zero-order valence-electron chi connectivity index (χ0n) is 16.2. The number of amides is 1. The van der Waals surface area contributed by atoms with Crippen LogP contribution in [0.5, 0.6) is 0 Å². The Bertz CT molecular complexity index is 1170. The number of hydrogen-bond acceptors (Lipinski definition) is 5. The topological polar surface area (TPSA) is 101 Å². The molecular formula is C21H21ClN4O4. The second kappa shape index (κ2) is 8.71. The van der Waals surface area contributed by atoms with E-state index in [0.717, 1.165) is 24.8 Å². The molecule has 156 valence electrons. The summed E-state index contributed by atoms with van der Waals surface area (Å²) in [4.78, 5) is 44.3. The first-order valence-electron chi connectivity index (χ1n) is 9.78. The molecule has 0 unspecified atom stereocenters. The van der Waals surface area contributed by atoms with Crippen LogP contribution >= 0.6 is 11.6 Å². The van der Waals surface area contributed by atoms with Gasteiger partial charge < -0.3 is 9.32 Å². The molecule has 0 aliphatic carbocycles. The van der Waals surface area contributed by atoms with Crippen molar-refractivity contribution in [3.8, 4) is 0 Å². The minimum absolute atomic E-state index is 0.153. The standard InChI is InChI=1S/C21H21ClN4O4/c22-16-6-2-1-5-14(16)11-15-12-23-20(30-15)17-7-3-4-9-26(17)19(28)13-25-10-8-18(27)24-21(25)29/h1-2,5-6,8,10,12,17H,3-4,7,9,11,13H2,(H,24,27,29)/t17-/m1/s1. The molecule has 1 fully saturated rings. The third kappa shape index (κ3) is 4.38. The summed E-state index contributed by atoms with van der Waals surface area (Å²) < 4.78 is 7.16. The van der Waals surface area contributed by atoms with Crippen molar-refractivity contribution in [2.24, 2.45) is 0 Å². The molecule has 3 heterocycles. The summed E-state index contributed by atoms with van der Waals surface area (Å²) in [5.41, 5.74) is -0.163. The molecule has 1 N–H and O–H groups in total. The fraction of sp³-hybridized carbons (Fsp3) is 0.333. The highest BCUT2D eigenvalue weighted by Gasteiger charge is 2.31. The van der Waals surface area contributed by atoms with Crippen LogP contribution < -0.4 is 11.2 Å². The van der Waals surface area contributed by atoms with Gasteiger partial charge in [0.25, 0.3) is 5.56 Å². The van der Waals surface area contributed by atoms with Gasteiger partial charge in [-0.05, 0) is 30.9 Å². The zero-order valence-corrected chi connectivity index (χ0v) is 17.0. The molecule has 3 aromatic rings. The second-order valence-electron chi connectivity index (χ2n) is 7.27.